The Morgan fingerprint density at radius 1 is 1.00 bits per heavy atom. The molecule has 1 N–H and O–H groups in total. The zero-order chi connectivity index (χ0) is 24.6. The Balaban J connectivity index is 1.58. The molecule has 1 heterocycles. The summed E-state index contributed by atoms with van der Waals surface area (Å²) in [5.74, 6) is 1.08. The zero-order valence-electron chi connectivity index (χ0n) is 20.0. The molecule has 0 bridgehead atoms. The number of carbonyl (C=O) groups excluding carboxylic acids is 1. The minimum Gasteiger partial charge on any atom is -0.497 e. The quantitative estimate of drug-likeness (QED) is 0.330. The van der Waals surface area contributed by atoms with Crippen LogP contribution in [-0.2, 0) is 4.74 Å². The van der Waals surface area contributed by atoms with Crippen LogP contribution in [0.2, 0.25) is 0 Å². The number of hydrogen-bond acceptors (Lipinski definition) is 6. The fraction of sp³-hybridized carbons (Fsp3) is 0.222. The van der Waals surface area contributed by atoms with Gasteiger partial charge >= 0.3 is 6.01 Å². The van der Waals surface area contributed by atoms with E-state index in [1.54, 1.807) is 36.1 Å². The number of benzene rings is 3. The monoisotopic (exact) mass is 472 g/mol. The highest BCUT2D eigenvalue weighted by atomic mass is 16.5. The van der Waals surface area contributed by atoms with E-state index in [4.69, 9.17) is 14.2 Å². The first kappa shape index (κ1) is 24.0. The summed E-state index contributed by atoms with van der Waals surface area (Å²) in [6, 6.07) is 22.7. The van der Waals surface area contributed by atoms with Gasteiger partial charge in [-0.05, 0) is 61.9 Å². The Morgan fingerprint density at radius 2 is 1.80 bits per heavy atom. The lowest BCUT2D eigenvalue weighted by molar-refractivity contribution is 0.102. The Labute approximate surface area is 204 Å². The molecular weight excluding hydrogens is 444 g/mol. The zero-order valence-corrected chi connectivity index (χ0v) is 20.0. The summed E-state index contributed by atoms with van der Waals surface area (Å²) in [6.07, 6.45) is 0. The number of aryl methyl sites for hydroxylation is 1. The van der Waals surface area contributed by atoms with Gasteiger partial charge < -0.3 is 19.5 Å². The highest BCUT2D eigenvalue weighted by Gasteiger charge is 2.16. The van der Waals surface area contributed by atoms with Crippen LogP contribution in [-0.4, -0.2) is 47.6 Å². The number of methoxy groups -OCH3 is 1. The summed E-state index contributed by atoms with van der Waals surface area (Å²) in [5.41, 5.74) is 3.99. The lowest BCUT2D eigenvalue weighted by Gasteiger charge is -2.10. The second kappa shape index (κ2) is 11.3. The molecule has 180 valence electrons. The van der Waals surface area contributed by atoms with Crippen molar-refractivity contribution in [1.82, 2.24) is 14.8 Å². The molecule has 0 aliphatic heterocycles. The molecule has 0 saturated heterocycles. The van der Waals surface area contributed by atoms with E-state index in [2.05, 4.69) is 15.4 Å². The molecule has 1 aromatic heterocycles. The second-order valence-electron chi connectivity index (χ2n) is 7.72. The fourth-order valence-electron chi connectivity index (χ4n) is 3.52. The summed E-state index contributed by atoms with van der Waals surface area (Å²) in [5, 5.41) is 7.49. The smallest absolute Gasteiger partial charge is 0.336 e. The highest BCUT2D eigenvalue weighted by molar-refractivity contribution is 6.04. The maximum Gasteiger partial charge on any atom is 0.336 e. The van der Waals surface area contributed by atoms with E-state index in [1.165, 1.54) is 0 Å². The van der Waals surface area contributed by atoms with Gasteiger partial charge in [0.1, 0.15) is 12.4 Å². The number of rotatable bonds is 10. The van der Waals surface area contributed by atoms with E-state index < -0.39 is 0 Å². The van der Waals surface area contributed by atoms with Crippen molar-refractivity contribution in [3.8, 4) is 28.8 Å². The van der Waals surface area contributed by atoms with E-state index in [1.807, 2.05) is 62.4 Å². The molecule has 0 radical (unpaired) electrons. The van der Waals surface area contributed by atoms with Crippen LogP contribution in [0.25, 0.3) is 17.1 Å². The van der Waals surface area contributed by atoms with Gasteiger partial charge in [-0.2, -0.15) is 4.98 Å². The maximum atomic E-state index is 12.6. The maximum absolute atomic E-state index is 12.6. The highest BCUT2D eigenvalue weighted by Crippen LogP contribution is 2.27. The van der Waals surface area contributed by atoms with E-state index >= 15 is 0 Å². The largest absolute Gasteiger partial charge is 0.497 e. The predicted molar refractivity (Wildman–Crippen MR) is 134 cm³/mol. The third kappa shape index (κ3) is 5.85. The number of aromatic nitrogens is 3. The summed E-state index contributed by atoms with van der Waals surface area (Å²) in [4.78, 5) is 17.3. The first-order chi connectivity index (χ1) is 17.1. The second-order valence-corrected chi connectivity index (χ2v) is 7.72. The third-order valence-corrected chi connectivity index (χ3v) is 5.34. The number of ether oxygens (including phenoxy) is 3. The van der Waals surface area contributed by atoms with Crippen LogP contribution in [0, 0.1) is 6.92 Å². The number of nitrogens with zero attached hydrogens (tertiary/aromatic N) is 3. The lowest BCUT2D eigenvalue weighted by Crippen LogP contribution is -2.12. The third-order valence-electron chi connectivity index (χ3n) is 5.34. The average molecular weight is 473 g/mol. The summed E-state index contributed by atoms with van der Waals surface area (Å²) in [6.45, 7) is 5.42. The van der Waals surface area contributed by atoms with Crippen molar-refractivity contribution >= 4 is 11.6 Å². The Kier molecular flexibility index (Phi) is 7.74. The first-order valence-corrected chi connectivity index (χ1v) is 11.4. The van der Waals surface area contributed by atoms with Crippen molar-refractivity contribution in [3.05, 3.63) is 83.9 Å². The van der Waals surface area contributed by atoms with Crippen LogP contribution >= 0.6 is 0 Å². The Morgan fingerprint density at radius 3 is 2.54 bits per heavy atom. The SMILES string of the molecule is CCOCCOc1nc(-c2ccccc2C)n(-c2ccc(NC(=O)c3cccc(OC)c3)cc2)n1. The normalized spacial score (nSPS) is 10.7. The van der Waals surface area contributed by atoms with Crippen LogP contribution in [0.3, 0.4) is 0 Å². The molecule has 0 unspecified atom stereocenters. The molecule has 0 spiro atoms. The van der Waals surface area contributed by atoms with Crippen LogP contribution in [0.1, 0.15) is 22.8 Å². The minimum atomic E-state index is -0.219. The van der Waals surface area contributed by atoms with E-state index in [-0.39, 0.29) is 11.9 Å². The molecule has 4 rings (SSSR count). The van der Waals surface area contributed by atoms with Crippen molar-refractivity contribution < 1.29 is 19.0 Å². The number of anilines is 1. The van der Waals surface area contributed by atoms with Gasteiger partial charge in [0.05, 0.1) is 19.4 Å². The molecule has 3 aromatic carbocycles. The molecule has 0 aliphatic rings. The van der Waals surface area contributed by atoms with Crippen LogP contribution in [0.4, 0.5) is 5.69 Å². The Hall–Kier alpha value is -4.17. The Bertz CT molecular complexity index is 1280. The summed E-state index contributed by atoms with van der Waals surface area (Å²) >= 11 is 0. The van der Waals surface area contributed by atoms with Gasteiger partial charge in [-0.3, -0.25) is 4.79 Å². The molecule has 0 fully saturated rings. The molecule has 8 nitrogen and oxygen atoms in total. The molecule has 4 aromatic rings. The molecule has 0 atom stereocenters. The van der Waals surface area contributed by atoms with Crippen molar-refractivity contribution in [1.29, 1.82) is 0 Å². The fourth-order valence-corrected chi connectivity index (χ4v) is 3.52. The number of carbonyl (C=O) groups is 1. The topological polar surface area (TPSA) is 87.5 Å². The van der Waals surface area contributed by atoms with Gasteiger partial charge in [0.15, 0.2) is 5.82 Å². The van der Waals surface area contributed by atoms with Crippen LogP contribution in [0.15, 0.2) is 72.8 Å². The van der Waals surface area contributed by atoms with Crippen molar-refractivity contribution in [2.75, 3.05) is 32.2 Å². The minimum absolute atomic E-state index is 0.219. The molecule has 35 heavy (non-hydrogen) atoms. The van der Waals surface area contributed by atoms with Gasteiger partial charge in [-0.15, -0.1) is 5.10 Å². The van der Waals surface area contributed by atoms with Crippen molar-refractivity contribution in [2.45, 2.75) is 13.8 Å². The summed E-state index contributed by atoms with van der Waals surface area (Å²) in [7, 11) is 1.57. The van der Waals surface area contributed by atoms with Crippen LogP contribution in [0.5, 0.6) is 11.8 Å². The standard InChI is InChI=1S/C27H28N4O4/c1-4-34-16-17-35-27-29-25(24-11-6-5-8-19(24)2)31(30-27)22-14-12-21(13-15-22)28-26(32)20-9-7-10-23(18-20)33-3/h5-15,18H,4,16-17H2,1-3H3,(H,28,32). The molecule has 0 saturated carbocycles. The lowest BCUT2D eigenvalue weighted by atomic mass is 10.1. The van der Waals surface area contributed by atoms with Gasteiger partial charge in [-0.1, -0.05) is 30.3 Å². The summed E-state index contributed by atoms with van der Waals surface area (Å²) < 4.78 is 18.0. The molecule has 1 amide bonds. The molecule has 0 aliphatic carbocycles. The van der Waals surface area contributed by atoms with Crippen molar-refractivity contribution in [3.63, 3.8) is 0 Å². The predicted octanol–water partition coefficient (Wildman–Crippen LogP) is 4.92. The average Bonchev–Trinajstić information content (AvgIpc) is 3.31. The number of nitrogens with one attached hydrogen (secondary N) is 1. The van der Waals surface area contributed by atoms with E-state index in [9.17, 15) is 4.79 Å². The first-order valence-electron chi connectivity index (χ1n) is 11.4. The van der Waals surface area contributed by atoms with Crippen molar-refractivity contribution in [2.24, 2.45) is 0 Å². The van der Waals surface area contributed by atoms with Gasteiger partial charge in [-0.25, -0.2) is 4.68 Å². The number of amides is 1. The molecule has 8 heteroatoms. The number of hydrogen-bond donors (Lipinski definition) is 1. The van der Waals surface area contributed by atoms with E-state index in [0.717, 1.165) is 16.8 Å². The van der Waals surface area contributed by atoms with Crippen LogP contribution < -0.4 is 14.8 Å². The molecular formula is C27H28N4O4. The van der Waals surface area contributed by atoms with E-state index in [0.29, 0.717) is 42.6 Å². The van der Waals surface area contributed by atoms with Gasteiger partial charge in [0, 0.05) is 23.4 Å². The van der Waals surface area contributed by atoms with Gasteiger partial charge in [0.2, 0.25) is 0 Å². The van der Waals surface area contributed by atoms with Gasteiger partial charge in [0.25, 0.3) is 5.91 Å².